The summed E-state index contributed by atoms with van der Waals surface area (Å²) in [5, 5.41) is 3.11. The largest absolute Gasteiger partial charge is 0.379 e. The molecule has 2 fully saturated rings. The number of nitrogens with one attached hydrogen (secondary N) is 1. The van der Waals surface area contributed by atoms with E-state index in [1.165, 1.54) is 0 Å². The molecule has 8 nitrogen and oxygen atoms in total. The number of aromatic nitrogens is 2. The highest BCUT2D eigenvalue weighted by molar-refractivity contribution is 5.74. The van der Waals surface area contributed by atoms with Crippen LogP contribution in [-0.2, 0) is 4.74 Å². The molecule has 2 aliphatic heterocycles. The Bertz CT molecular complexity index is 515. The van der Waals surface area contributed by atoms with Gasteiger partial charge in [-0.05, 0) is 6.92 Å². The Kier molecular flexibility index (Phi) is 5.81. The van der Waals surface area contributed by atoms with E-state index in [1.54, 1.807) is 18.6 Å². The van der Waals surface area contributed by atoms with Gasteiger partial charge in [0.15, 0.2) is 0 Å². The topological polar surface area (TPSA) is 73.8 Å². The lowest BCUT2D eigenvalue weighted by Gasteiger charge is -2.36. The van der Waals surface area contributed by atoms with Crippen LogP contribution in [0.15, 0.2) is 18.6 Å². The van der Waals surface area contributed by atoms with Crippen molar-refractivity contribution in [1.82, 2.24) is 25.1 Å². The zero-order chi connectivity index (χ0) is 16.8. The third-order valence-electron chi connectivity index (χ3n) is 4.45. The summed E-state index contributed by atoms with van der Waals surface area (Å²) >= 11 is 0. The Balaban J connectivity index is 1.41. The van der Waals surface area contributed by atoms with Crippen molar-refractivity contribution in [2.75, 3.05) is 63.9 Å². The summed E-state index contributed by atoms with van der Waals surface area (Å²) in [7, 11) is 0. The van der Waals surface area contributed by atoms with Crippen LogP contribution >= 0.6 is 0 Å². The minimum atomic E-state index is 0.0227. The second-order valence-corrected chi connectivity index (χ2v) is 6.30. The van der Waals surface area contributed by atoms with Crippen LogP contribution in [0.25, 0.3) is 0 Å². The van der Waals surface area contributed by atoms with E-state index in [0.717, 1.165) is 51.8 Å². The average molecular weight is 334 g/mol. The summed E-state index contributed by atoms with van der Waals surface area (Å²) in [5.41, 5.74) is 0. The van der Waals surface area contributed by atoms with Gasteiger partial charge in [-0.15, -0.1) is 0 Å². The van der Waals surface area contributed by atoms with E-state index in [0.29, 0.717) is 13.1 Å². The second kappa shape index (κ2) is 8.25. The van der Waals surface area contributed by atoms with Gasteiger partial charge < -0.3 is 19.9 Å². The maximum atomic E-state index is 12.4. The summed E-state index contributed by atoms with van der Waals surface area (Å²) in [6, 6.07) is 0.156. The van der Waals surface area contributed by atoms with E-state index in [-0.39, 0.29) is 12.1 Å². The maximum Gasteiger partial charge on any atom is 0.317 e. The first-order valence-corrected chi connectivity index (χ1v) is 8.59. The summed E-state index contributed by atoms with van der Waals surface area (Å²) < 4.78 is 5.35. The number of ether oxygens (including phenoxy) is 1. The quantitative estimate of drug-likeness (QED) is 0.837. The number of rotatable bonds is 4. The van der Waals surface area contributed by atoms with Crippen molar-refractivity contribution < 1.29 is 9.53 Å². The molecular formula is C16H26N6O2. The fourth-order valence-electron chi connectivity index (χ4n) is 3.11. The Morgan fingerprint density at radius 2 is 1.96 bits per heavy atom. The number of hydrogen-bond donors (Lipinski definition) is 1. The van der Waals surface area contributed by atoms with E-state index in [2.05, 4.69) is 32.0 Å². The van der Waals surface area contributed by atoms with Gasteiger partial charge >= 0.3 is 6.03 Å². The molecule has 1 N–H and O–H groups in total. The van der Waals surface area contributed by atoms with Gasteiger partial charge in [0.05, 0.1) is 19.4 Å². The van der Waals surface area contributed by atoms with Gasteiger partial charge in [0.2, 0.25) is 0 Å². The number of anilines is 1. The van der Waals surface area contributed by atoms with Crippen LogP contribution in [0, 0.1) is 0 Å². The molecule has 2 amide bonds. The second-order valence-electron chi connectivity index (χ2n) is 6.30. The van der Waals surface area contributed by atoms with Crippen LogP contribution in [-0.4, -0.2) is 90.9 Å². The normalized spacial score (nSPS) is 20.7. The molecule has 1 aromatic heterocycles. The molecule has 132 valence electrons. The maximum absolute atomic E-state index is 12.4. The third kappa shape index (κ3) is 4.55. The number of urea groups is 1. The fraction of sp³-hybridized carbons (Fsp3) is 0.688. The van der Waals surface area contributed by atoms with Crippen molar-refractivity contribution in [3.05, 3.63) is 18.6 Å². The standard InChI is InChI=1S/C16H26N6O2/c1-14(13-20-8-10-24-11-9-20)19-16(23)22-6-4-21(5-7-22)15-12-17-2-3-18-15/h2-3,12,14H,4-11,13H2,1H3,(H,19,23)/t14-/m0/s1. The van der Waals surface area contributed by atoms with Crippen molar-refractivity contribution in [2.45, 2.75) is 13.0 Å². The van der Waals surface area contributed by atoms with Crippen LogP contribution in [0.3, 0.4) is 0 Å². The number of morpholine rings is 1. The third-order valence-corrected chi connectivity index (χ3v) is 4.45. The number of amides is 2. The number of nitrogens with zero attached hydrogens (tertiary/aromatic N) is 5. The molecule has 0 spiro atoms. The van der Waals surface area contributed by atoms with Gasteiger partial charge in [-0.1, -0.05) is 0 Å². The molecule has 0 aromatic carbocycles. The summed E-state index contributed by atoms with van der Waals surface area (Å²) in [4.78, 5) is 27.2. The zero-order valence-corrected chi connectivity index (χ0v) is 14.2. The monoisotopic (exact) mass is 334 g/mol. The number of carbonyl (C=O) groups excluding carboxylic acids is 1. The molecule has 8 heteroatoms. The molecule has 3 heterocycles. The lowest BCUT2D eigenvalue weighted by atomic mass is 10.3. The van der Waals surface area contributed by atoms with E-state index >= 15 is 0 Å². The summed E-state index contributed by atoms with van der Waals surface area (Å²) in [5.74, 6) is 0.873. The molecule has 0 bridgehead atoms. The van der Waals surface area contributed by atoms with Gasteiger partial charge in [-0.3, -0.25) is 9.88 Å². The summed E-state index contributed by atoms with van der Waals surface area (Å²) in [6.45, 7) is 9.34. The van der Waals surface area contributed by atoms with Crippen LogP contribution < -0.4 is 10.2 Å². The lowest BCUT2D eigenvalue weighted by molar-refractivity contribution is 0.0346. The molecule has 0 radical (unpaired) electrons. The Morgan fingerprint density at radius 3 is 2.62 bits per heavy atom. The van der Waals surface area contributed by atoms with Gasteiger partial charge in [0.1, 0.15) is 5.82 Å². The molecule has 0 aliphatic carbocycles. The highest BCUT2D eigenvalue weighted by Crippen LogP contribution is 2.11. The first kappa shape index (κ1) is 16.9. The van der Waals surface area contributed by atoms with Crippen molar-refractivity contribution in [3.8, 4) is 0 Å². The van der Waals surface area contributed by atoms with Crippen molar-refractivity contribution in [2.24, 2.45) is 0 Å². The molecule has 1 atom stereocenters. The van der Waals surface area contributed by atoms with Crippen LogP contribution in [0.4, 0.5) is 10.6 Å². The van der Waals surface area contributed by atoms with Crippen LogP contribution in [0.5, 0.6) is 0 Å². The predicted molar refractivity (Wildman–Crippen MR) is 91.1 cm³/mol. The van der Waals surface area contributed by atoms with Crippen LogP contribution in [0.2, 0.25) is 0 Å². The fourth-order valence-corrected chi connectivity index (χ4v) is 3.11. The van der Waals surface area contributed by atoms with E-state index < -0.39 is 0 Å². The van der Waals surface area contributed by atoms with Gasteiger partial charge in [-0.2, -0.15) is 0 Å². The minimum Gasteiger partial charge on any atom is -0.379 e. The van der Waals surface area contributed by atoms with Gasteiger partial charge in [0.25, 0.3) is 0 Å². The van der Waals surface area contributed by atoms with E-state index in [1.807, 2.05) is 4.90 Å². The first-order chi connectivity index (χ1) is 11.7. The molecule has 2 saturated heterocycles. The smallest absolute Gasteiger partial charge is 0.317 e. The van der Waals surface area contributed by atoms with Crippen LogP contribution in [0.1, 0.15) is 6.92 Å². The Morgan fingerprint density at radius 1 is 1.21 bits per heavy atom. The first-order valence-electron chi connectivity index (χ1n) is 8.59. The zero-order valence-electron chi connectivity index (χ0n) is 14.2. The Labute approximate surface area is 142 Å². The van der Waals surface area contributed by atoms with Crippen molar-refractivity contribution >= 4 is 11.8 Å². The van der Waals surface area contributed by atoms with E-state index in [9.17, 15) is 4.79 Å². The van der Waals surface area contributed by atoms with Gasteiger partial charge in [-0.25, -0.2) is 9.78 Å². The SMILES string of the molecule is C[C@@H](CN1CCOCC1)NC(=O)N1CCN(c2cnccn2)CC1. The minimum absolute atomic E-state index is 0.0227. The highest BCUT2D eigenvalue weighted by Gasteiger charge is 2.23. The highest BCUT2D eigenvalue weighted by atomic mass is 16.5. The van der Waals surface area contributed by atoms with Crippen molar-refractivity contribution in [3.63, 3.8) is 0 Å². The van der Waals surface area contributed by atoms with Crippen molar-refractivity contribution in [1.29, 1.82) is 0 Å². The number of piperazine rings is 1. The molecular weight excluding hydrogens is 308 g/mol. The van der Waals surface area contributed by atoms with E-state index in [4.69, 9.17) is 4.74 Å². The number of hydrogen-bond acceptors (Lipinski definition) is 6. The average Bonchev–Trinajstić information content (AvgIpc) is 2.63. The lowest BCUT2D eigenvalue weighted by Crippen LogP contribution is -2.55. The molecule has 3 rings (SSSR count). The molecule has 1 aromatic rings. The molecule has 0 unspecified atom stereocenters. The summed E-state index contributed by atoms with van der Waals surface area (Å²) in [6.07, 6.45) is 5.13. The number of carbonyl (C=O) groups is 1. The molecule has 0 saturated carbocycles. The predicted octanol–water partition coefficient (Wildman–Crippen LogP) is 0.0289. The molecule has 24 heavy (non-hydrogen) atoms. The van der Waals surface area contributed by atoms with Gasteiger partial charge in [0, 0.05) is 64.2 Å². The Hall–Kier alpha value is -1.93. The molecule has 2 aliphatic rings.